The molecule has 3 N–H and O–H groups in total. The summed E-state index contributed by atoms with van der Waals surface area (Å²) in [7, 11) is 0. The van der Waals surface area contributed by atoms with Gasteiger partial charge in [-0.15, -0.1) is 5.10 Å². The molecule has 1 fully saturated rings. The number of amides is 1. The van der Waals surface area contributed by atoms with Crippen molar-refractivity contribution in [3.8, 4) is 0 Å². The Kier molecular flexibility index (Phi) is 3.73. The number of aryl methyl sites for hydroxylation is 1. The lowest BCUT2D eigenvalue weighted by atomic mass is 10.1. The average Bonchev–Trinajstić information content (AvgIpc) is 2.94. The van der Waals surface area contributed by atoms with Crippen LogP contribution in [-0.2, 0) is 6.42 Å². The zero-order valence-corrected chi connectivity index (χ0v) is 9.94. The van der Waals surface area contributed by atoms with E-state index in [0.29, 0.717) is 18.3 Å². The fraction of sp³-hybridized carbons (Fsp3) is 0.727. The predicted molar refractivity (Wildman–Crippen MR) is 61.4 cm³/mol. The minimum absolute atomic E-state index is 0.195. The van der Waals surface area contributed by atoms with Gasteiger partial charge in [-0.1, -0.05) is 6.92 Å². The minimum Gasteiger partial charge on any atom is -0.393 e. The Bertz CT molecular complexity index is 391. The number of carbonyl (C=O) groups is 1. The van der Waals surface area contributed by atoms with Crippen molar-refractivity contribution in [2.45, 2.75) is 38.7 Å². The van der Waals surface area contributed by atoms with Gasteiger partial charge >= 0.3 is 0 Å². The van der Waals surface area contributed by atoms with Crippen molar-refractivity contribution in [2.24, 2.45) is 5.92 Å². The Morgan fingerprint density at radius 1 is 1.59 bits per heavy atom. The van der Waals surface area contributed by atoms with Crippen LogP contribution in [0.3, 0.4) is 0 Å². The van der Waals surface area contributed by atoms with E-state index in [-0.39, 0.29) is 17.8 Å². The van der Waals surface area contributed by atoms with E-state index in [0.717, 1.165) is 25.7 Å². The van der Waals surface area contributed by atoms with Crippen LogP contribution in [0.4, 0.5) is 0 Å². The van der Waals surface area contributed by atoms with Crippen LogP contribution < -0.4 is 5.32 Å². The van der Waals surface area contributed by atoms with Crippen LogP contribution in [0, 0.1) is 5.92 Å². The van der Waals surface area contributed by atoms with Crippen molar-refractivity contribution in [1.29, 1.82) is 0 Å². The molecule has 0 saturated heterocycles. The Morgan fingerprint density at radius 3 is 3.00 bits per heavy atom. The highest BCUT2D eigenvalue weighted by molar-refractivity contribution is 5.90. The topological polar surface area (TPSA) is 90.9 Å². The Morgan fingerprint density at radius 2 is 2.41 bits per heavy atom. The highest BCUT2D eigenvalue weighted by Crippen LogP contribution is 2.24. The van der Waals surface area contributed by atoms with Gasteiger partial charge in [-0.05, 0) is 25.2 Å². The molecule has 0 spiro atoms. The van der Waals surface area contributed by atoms with Gasteiger partial charge in [-0.3, -0.25) is 9.89 Å². The van der Waals surface area contributed by atoms with Crippen LogP contribution in [0.15, 0.2) is 0 Å². The quantitative estimate of drug-likeness (QED) is 0.701. The van der Waals surface area contributed by atoms with Gasteiger partial charge in [0.1, 0.15) is 5.82 Å². The second-order valence-corrected chi connectivity index (χ2v) is 4.50. The average molecular weight is 238 g/mol. The van der Waals surface area contributed by atoms with Crippen LogP contribution in [-0.4, -0.2) is 38.8 Å². The first kappa shape index (κ1) is 12.0. The zero-order chi connectivity index (χ0) is 12.3. The van der Waals surface area contributed by atoms with Gasteiger partial charge in [0.2, 0.25) is 5.82 Å². The first-order valence-electron chi connectivity index (χ1n) is 6.06. The van der Waals surface area contributed by atoms with E-state index in [1.807, 2.05) is 6.92 Å². The van der Waals surface area contributed by atoms with Crippen molar-refractivity contribution in [3.05, 3.63) is 11.6 Å². The van der Waals surface area contributed by atoms with E-state index in [1.165, 1.54) is 0 Å². The van der Waals surface area contributed by atoms with Crippen molar-refractivity contribution >= 4 is 5.91 Å². The van der Waals surface area contributed by atoms with Crippen LogP contribution in [0.25, 0.3) is 0 Å². The molecule has 1 saturated carbocycles. The summed E-state index contributed by atoms with van der Waals surface area (Å²) in [5, 5.41) is 18.7. The van der Waals surface area contributed by atoms with Crippen LogP contribution in [0.1, 0.15) is 42.6 Å². The SMILES string of the molecule is CCc1nc(C(=O)NCC2CCC(O)C2)n[nH]1. The molecule has 0 bridgehead atoms. The van der Waals surface area contributed by atoms with Crippen LogP contribution in [0.5, 0.6) is 0 Å². The van der Waals surface area contributed by atoms with Gasteiger partial charge < -0.3 is 10.4 Å². The summed E-state index contributed by atoms with van der Waals surface area (Å²) < 4.78 is 0. The van der Waals surface area contributed by atoms with E-state index in [1.54, 1.807) is 0 Å². The number of rotatable bonds is 4. The first-order chi connectivity index (χ1) is 8.19. The summed E-state index contributed by atoms with van der Waals surface area (Å²) in [5.74, 6) is 1.03. The smallest absolute Gasteiger partial charge is 0.290 e. The Balaban J connectivity index is 1.81. The molecule has 2 rings (SSSR count). The number of aromatic nitrogens is 3. The monoisotopic (exact) mass is 238 g/mol. The number of hydrogen-bond acceptors (Lipinski definition) is 4. The van der Waals surface area contributed by atoms with E-state index in [9.17, 15) is 9.90 Å². The third-order valence-electron chi connectivity index (χ3n) is 3.13. The molecular weight excluding hydrogens is 220 g/mol. The van der Waals surface area contributed by atoms with E-state index < -0.39 is 0 Å². The van der Waals surface area contributed by atoms with Crippen molar-refractivity contribution in [2.75, 3.05) is 6.54 Å². The van der Waals surface area contributed by atoms with E-state index >= 15 is 0 Å². The minimum atomic E-state index is -0.248. The molecule has 1 aromatic heterocycles. The lowest BCUT2D eigenvalue weighted by Crippen LogP contribution is -2.29. The molecule has 1 aliphatic carbocycles. The van der Waals surface area contributed by atoms with E-state index in [4.69, 9.17) is 0 Å². The number of aliphatic hydroxyl groups is 1. The molecule has 17 heavy (non-hydrogen) atoms. The van der Waals surface area contributed by atoms with Crippen molar-refractivity contribution in [1.82, 2.24) is 20.5 Å². The van der Waals surface area contributed by atoms with Gasteiger partial charge in [-0.25, -0.2) is 4.98 Å². The zero-order valence-electron chi connectivity index (χ0n) is 9.94. The molecule has 1 aromatic rings. The molecule has 6 nitrogen and oxygen atoms in total. The van der Waals surface area contributed by atoms with Crippen LogP contribution in [0.2, 0.25) is 0 Å². The van der Waals surface area contributed by atoms with Crippen molar-refractivity contribution < 1.29 is 9.90 Å². The summed E-state index contributed by atoms with van der Waals surface area (Å²) in [6, 6.07) is 0. The predicted octanol–water partition coefficient (Wildman–Crippen LogP) is 0.258. The third kappa shape index (κ3) is 3.03. The Labute approximate surface area is 99.8 Å². The summed E-state index contributed by atoms with van der Waals surface area (Å²) in [6.45, 7) is 2.54. The standard InChI is InChI=1S/C11H18N4O2/c1-2-9-13-10(15-14-9)11(17)12-6-7-3-4-8(16)5-7/h7-8,16H,2-6H2,1H3,(H,12,17)(H,13,14,15). The molecule has 0 radical (unpaired) electrons. The summed E-state index contributed by atoms with van der Waals surface area (Å²) in [4.78, 5) is 15.8. The van der Waals surface area contributed by atoms with Gasteiger partial charge in [-0.2, -0.15) is 0 Å². The summed E-state index contributed by atoms with van der Waals surface area (Å²) in [6.07, 6.45) is 3.10. The van der Waals surface area contributed by atoms with Crippen LogP contribution >= 0.6 is 0 Å². The maximum absolute atomic E-state index is 11.7. The fourth-order valence-corrected chi connectivity index (χ4v) is 2.11. The molecule has 2 atom stereocenters. The molecule has 2 unspecified atom stereocenters. The molecule has 1 amide bonds. The lowest BCUT2D eigenvalue weighted by molar-refractivity contribution is 0.0935. The van der Waals surface area contributed by atoms with Gasteiger partial charge in [0.15, 0.2) is 0 Å². The van der Waals surface area contributed by atoms with E-state index in [2.05, 4.69) is 20.5 Å². The van der Waals surface area contributed by atoms with Crippen molar-refractivity contribution in [3.63, 3.8) is 0 Å². The molecular formula is C11H18N4O2. The summed E-state index contributed by atoms with van der Waals surface area (Å²) in [5.41, 5.74) is 0. The number of carbonyl (C=O) groups excluding carboxylic acids is 1. The van der Waals surface area contributed by atoms with Gasteiger partial charge in [0.05, 0.1) is 6.10 Å². The highest BCUT2D eigenvalue weighted by Gasteiger charge is 2.23. The molecule has 94 valence electrons. The highest BCUT2D eigenvalue weighted by atomic mass is 16.3. The molecule has 1 aliphatic rings. The maximum Gasteiger partial charge on any atom is 0.290 e. The second kappa shape index (κ2) is 5.27. The van der Waals surface area contributed by atoms with Gasteiger partial charge in [0, 0.05) is 13.0 Å². The third-order valence-corrected chi connectivity index (χ3v) is 3.13. The van der Waals surface area contributed by atoms with Gasteiger partial charge in [0.25, 0.3) is 5.91 Å². The Hall–Kier alpha value is -1.43. The number of hydrogen-bond donors (Lipinski definition) is 3. The second-order valence-electron chi connectivity index (χ2n) is 4.50. The lowest BCUT2D eigenvalue weighted by Gasteiger charge is -2.09. The normalized spacial score (nSPS) is 23.9. The number of aliphatic hydroxyl groups excluding tert-OH is 1. The number of H-pyrrole nitrogens is 1. The number of nitrogens with zero attached hydrogens (tertiary/aromatic N) is 2. The molecule has 6 heteroatoms. The number of aromatic amines is 1. The number of nitrogens with one attached hydrogen (secondary N) is 2. The summed E-state index contributed by atoms with van der Waals surface area (Å²) >= 11 is 0. The molecule has 1 heterocycles. The molecule has 0 aliphatic heterocycles. The molecule has 0 aromatic carbocycles. The fourth-order valence-electron chi connectivity index (χ4n) is 2.11. The first-order valence-corrected chi connectivity index (χ1v) is 6.06. The maximum atomic E-state index is 11.7. The largest absolute Gasteiger partial charge is 0.393 e.